The predicted molar refractivity (Wildman–Crippen MR) is 118 cm³/mol. The van der Waals surface area contributed by atoms with E-state index < -0.39 is 12.2 Å². The third-order valence-corrected chi connectivity index (χ3v) is 6.10. The second kappa shape index (κ2) is 8.56. The van der Waals surface area contributed by atoms with Gasteiger partial charge in [0.2, 0.25) is 5.91 Å². The number of hydrogen-bond donors (Lipinski definition) is 1. The summed E-state index contributed by atoms with van der Waals surface area (Å²) in [7, 11) is 0. The molecular formula is C23H23F2N5O4. The molecule has 0 atom stereocenters. The van der Waals surface area contributed by atoms with Crippen molar-refractivity contribution in [2.45, 2.75) is 25.9 Å². The highest BCUT2D eigenvalue weighted by molar-refractivity contribution is 6.04. The summed E-state index contributed by atoms with van der Waals surface area (Å²) in [5, 5.41) is 5.20. The minimum absolute atomic E-state index is 0.00395. The van der Waals surface area contributed by atoms with Gasteiger partial charge in [-0.25, -0.2) is 0 Å². The maximum atomic E-state index is 13.4. The summed E-state index contributed by atoms with van der Waals surface area (Å²) in [6, 6.07) is 10.2. The van der Waals surface area contributed by atoms with Crippen molar-refractivity contribution in [1.29, 1.82) is 0 Å². The number of aromatic nitrogens is 2. The molecule has 1 fully saturated rings. The monoisotopic (exact) mass is 471 g/mol. The third kappa shape index (κ3) is 4.26. The molecule has 0 bridgehead atoms. The Kier molecular flexibility index (Phi) is 5.56. The van der Waals surface area contributed by atoms with Crippen LogP contribution in [0.5, 0.6) is 5.75 Å². The molecule has 2 aliphatic heterocycles. The van der Waals surface area contributed by atoms with Crippen LogP contribution in [0.15, 0.2) is 42.6 Å². The van der Waals surface area contributed by atoms with Crippen molar-refractivity contribution in [1.82, 2.24) is 14.7 Å². The van der Waals surface area contributed by atoms with E-state index in [2.05, 4.69) is 14.6 Å². The number of benzene rings is 2. The summed E-state index contributed by atoms with van der Waals surface area (Å²) in [4.78, 5) is 28.2. The van der Waals surface area contributed by atoms with Crippen LogP contribution in [-0.2, 0) is 22.7 Å². The molecule has 1 aromatic heterocycles. The van der Waals surface area contributed by atoms with Gasteiger partial charge in [-0.2, -0.15) is 5.10 Å². The topological polar surface area (TPSA) is 103 Å². The second-order valence-electron chi connectivity index (χ2n) is 8.23. The Bertz CT molecular complexity index is 1250. The molecule has 3 heterocycles. The first-order valence-corrected chi connectivity index (χ1v) is 10.9. The van der Waals surface area contributed by atoms with Gasteiger partial charge >= 0.3 is 6.29 Å². The van der Waals surface area contributed by atoms with E-state index in [0.717, 1.165) is 11.1 Å². The van der Waals surface area contributed by atoms with Crippen LogP contribution in [0.1, 0.15) is 22.3 Å². The fourth-order valence-corrected chi connectivity index (χ4v) is 4.38. The average Bonchev–Trinajstić information content (AvgIpc) is 3.24. The molecule has 178 valence electrons. The van der Waals surface area contributed by atoms with E-state index in [9.17, 15) is 18.4 Å². The van der Waals surface area contributed by atoms with E-state index in [-0.39, 0.29) is 24.7 Å². The number of carbonyl (C=O) groups excluding carboxylic acids is 2. The maximum Gasteiger partial charge on any atom is 0.535 e. The van der Waals surface area contributed by atoms with E-state index >= 15 is 0 Å². The Labute approximate surface area is 193 Å². The largest absolute Gasteiger partial charge is 0.535 e. The summed E-state index contributed by atoms with van der Waals surface area (Å²) in [5.74, 6) is -0.439. The highest BCUT2D eigenvalue weighted by Gasteiger charge is 2.40. The molecule has 0 aliphatic carbocycles. The van der Waals surface area contributed by atoms with Crippen molar-refractivity contribution in [3.8, 4) is 5.75 Å². The lowest BCUT2D eigenvalue weighted by atomic mass is 10.1. The number of carbonyl (C=O) groups is 2. The van der Waals surface area contributed by atoms with Crippen LogP contribution in [0.4, 0.5) is 14.5 Å². The van der Waals surface area contributed by atoms with Crippen molar-refractivity contribution < 1.29 is 27.8 Å². The molecule has 0 radical (unpaired) electrons. The number of halogens is 2. The van der Waals surface area contributed by atoms with Gasteiger partial charge in [0, 0.05) is 62.0 Å². The molecule has 0 spiro atoms. The maximum absolute atomic E-state index is 13.4. The van der Waals surface area contributed by atoms with Crippen molar-refractivity contribution in [3.05, 3.63) is 53.7 Å². The van der Waals surface area contributed by atoms with E-state index in [4.69, 9.17) is 5.73 Å². The molecule has 2 aliphatic rings. The van der Waals surface area contributed by atoms with Gasteiger partial charge < -0.3 is 20.3 Å². The number of alkyl halides is 2. The van der Waals surface area contributed by atoms with Gasteiger partial charge in [-0.05, 0) is 18.2 Å². The van der Waals surface area contributed by atoms with Crippen LogP contribution < -0.4 is 15.4 Å². The molecule has 0 saturated carbocycles. The lowest BCUT2D eigenvalue weighted by molar-refractivity contribution is -0.367. The smallest absolute Gasteiger partial charge is 0.409 e. The highest BCUT2D eigenvalue weighted by atomic mass is 19.3. The normalized spacial score (nSPS) is 17.4. The molecule has 0 unspecified atom stereocenters. The summed E-state index contributed by atoms with van der Waals surface area (Å²) in [6.07, 6.45) is -1.57. The summed E-state index contributed by atoms with van der Waals surface area (Å²) in [5.41, 5.74) is 7.63. The molecule has 2 aromatic carbocycles. The molecule has 2 amide bonds. The fourth-order valence-electron chi connectivity index (χ4n) is 4.38. The van der Waals surface area contributed by atoms with E-state index in [1.807, 2.05) is 17.0 Å². The van der Waals surface area contributed by atoms with Crippen molar-refractivity contribution >= 4 is 28.4 Å². The number of nitrogens with zero attached hydrogens (tertiary/aromatic N) is 4. The number of ether oxygens (including phenoxy) is 2. The number of primary amides is 1. The molecule has 3 aromatic rings. The van der Waals surface area contributed by atoms with Gasteiger partial charge in [-0.15, -0.1) is 8.78 Å². The molecule has 5 rings (SSSR count). The molecule has 9 nitrogen and oxygen atoms in total. The minimum atomic E-state index is -3.63. The van der Waals surface area contributed by atoms with Gasteiger partial charge in [0.25, 0.3) is 5.91 Å². The van der Waals surface area contributed by atoms with Crippen LogP contribution in [-0.4, -0.2) is 59.0 Å². The standard InChI is InChI=1S/C23H23F2N5O4/c24-23(25)33-14-17-18(5-2-6-19(17)34-23)28-9-11-29(12-10-28)20(31)7-8-30-13-15-3-1-4-16(22(26)32)21(15)27-30/h1-6,13H,7-12,14H2,(H2,26,32). The van der Waals surface area contributed by atoms with Crippen LogP contribution in [0.3, 0.4) is 0 Å². The van der Waals surface area contributed by atoms with Gasteiger partial charge in [-0.3, -0.25) is 19.0 Å². The van der Waals surface area contributed by atoms with E-state index in [1.54, 1.807) is 34.0 Å². The third-order valence-electron chi connectivity index (χ3n) is 6.10. The first-order chi connectivity index (χ1) is 16.3. The van der Waals surface area contributed by atoms with Crippen LogP contribution in [0.25, 0.3) is 10.9 Å². The van der Waals surface area contributed by atoms with Gasteiger partial charge in [0.05, 0.1) is 12.2 Å². The first-order valence-electron chi connectivity index (χ1n) is 10.9. The van der Waals surface area contributed by atoms with Crippen molar-refractivity contribution in [3.63, 3.8) is 0 Å². The number of fused-ring (bicyclic) bond motifs is 2. The van der Waals surface area contributed by atoms with Crippen molar-refractivity contribution in [2.24, 2.45) is 5.73 Å². The number of nitrogens with two attached hydrogens (primary N) is 1. The Morgan fingerprint density at radius 3 is 2.62 bits per heavy atom. The summed E-state index contributed by atoms with van der Waals surface area (Å²) in [6.45, 7) is 2.27. The molecule has 11 heteroatoms. The molecular weight excluding hydrogens is 448 g/mol. The number of rotatable bonds is 5. The zero-order valence-electron chi connectivity index (χ0n) is 18.2. The number of amides is 2. The van der Waals surface area contributed by atoms with E-state index in [0.29, 0.717) is 49.4 Å². The number of piperazine rings is 1. The van der Waals surface area contributed by atoms with Crippen molar-refractivity contribution in [2.75, 3.05) is 31.1 Å². The molecule has 1 saturated heterocycles. The van der Waals surface area contributed by atoms with Crippen LogP contribution in [0.2, 0.25) is 0 Å². The predicted octanol–water partition coefficient (Wildman–Crippen LogP) is 2.33. The van der Waals surface area contributed by atoms with Crippen LogP contribution >= 0.6 is 0 Å². The second-order valence-corrected chi connectivity index (χ2v) is 8.23. The van der Waals surface area contributed by atoms with E-state index in [1.165, 1.54) is 6.07 Å². The molecule has 34 heavy (non-hydrogen) atoms. The Balaban J connectivity index is 1.19. The summed E-state index contributed by atoms with van der Waals surface area (Å²) >= 11 is 0. The Morgan fingerprint density at radius 1 is 1.09 bits per heavy atom. The number of hydrogen-bond acceptors (Lipinski definition) is 6. The number of aryl methyl sites for hydroxylation is 1. The average molecular weight is 471 g/mol. The fraction of sp³-hybridized carbons (Fsp3) is 0.348. The highest BCUT2D eigenvalue weighted by Crippen LogP contribution is 2.38. The van der Waals surface area contributed by atoms with Crippen LogP contribution in [0, 0.1) is 0 Å². The summed E-state index contributed by atoms with van der Waals surface area (Å²) < 4.78 is 37.6. The quantitative estimate of drug-likeness (QED) is 0.613. The van der Waals surface area contributed by atoms with Gasteiger partial charge in [0.15, 0.2) is 0 Å². The zero-order chi connectivity index (χ0) is 23.9. The van der Waals surface area contributed by atoms with Gasteiger partial charge in [-0.1, -0.05) is 18.2 Å². The Hall–Kier alpha value is -3.73. The lowest BCUT2D eigenvalue weighted by Gasteiger charge is -2.38. The lowest BCUT2D eigenvalue weighted by Crippen LogP contribution is -2.49. The minimum Gasteiger partial charge on any atom is -0.409 e. The molecule has 2 N–H and O–H groups in total. The van der Waals surface area contributed by atoms with Gasteiger partial charge in [0.1, 0.15) is 11.3 Å². The zero-order valence-corrected chi connectivity index (χ0v) is 18.2. The Morgan fingerprint density at radius 2 is 1.85 bits per heavy atom. The number of anilines is 1. The first kappa shape index (κ1) is 22.1. The SMILES string of the molecule is NC(=O)c1cccc2cn(CCC(=O)N3CCN(c4cccc5c4COC(F)(F)O5)CC3)nc12.